The van der Waals surface area contributed by atoms with Gasteiger partial charge in [0.2, 0.25) is 5.91 Å². The highest BCUT2D eigenvalue weighted by molar-refractivity contribution is 5.79. The van der Waals surface area contributed by atoms with Crippen LogP contribution in [0.5, 0.6) is 0 Å². The van der Waals surface area contributed by atoms with Crippen molar-refractivity contribution in [2.75, 3.05) is 6.54 Å². The topological polar surface area (TPSA) is 87.7 Å². The van der Waals surface area contributed by atoms with Crippen molar-refractivity contribution in [2.24, 2.45) is 5.92 Å². The fourth-order valence-corrected chi connectivity index (χ4v) is 2.32. The Morgan fingerprint density at radius 2 is 1.92 bits per heavy atom. The van der Waals surface area contributed by atoms with Gasteiger partial charge in [0.1, 0.15) is 5.60 Å². The average molecular weight is 370 g/mol. The first-order chi connectivity index (χ1) is 11.4. The molecule has 9 heteroatoms. The zero-order chi connectivity index (χ0) is 19.8. The Kier molecular flexibility index (Phi) is 9.24. The molecule has 1 aliphatic heterocycles. The molecule has 3 N–H and O–H groups in total. The van der Waals surface area contributed by atoms with E-state index in [1.54, 1.807) is 20.8 Å². The van der Waals surface area contributed by atoms with E-state index >= 15 is 0 Å². The molecule has 0 spiro atoms. The number of hydrogen-bond donors (Lipinski definition) is 3. The molecule has 3 atom stereocenters. The van der Waals surface area contributed by atoms with Crippen LogP contribution in [-0.4, -0.2) is 47.6 Å². The average Bonchev–Trinajstić information content (AvgIpc) is 2.47. The van der Waals surface area contributed by atoms with E-state index in [1.807, 2.05) is 19.2 Å². The quantitative estimate of drug-likeness (QED) is 0.710. The number of rotatable bonds is 4. The van der Waals surface area contributed by atoms with Crippen LogP contribution in [-0.2, 0) is 9.53 Å². The number of alkyl carbamates (subject to hydrolysis) is 1. The van der Waals surface area contributed by atoms with Gasteiger partial charge >= 0.3 is 12.3 Å². The second kappa shape index (κ2) is 9.84. The lowest BCUT2D eigenvalue weighted by atomic mass is 9.89. The lowest BCUT2D eigenvalue weighted by molar-refractivity contribution is -0.213. The minimum atomic E-state index is -4.91. The lowest BCUT2D eigenvalue weighted by Crippen LogP contribution is -2.53. The number of aliphatic hydroxyl groups excluding tert-OH is 1. The van der Waals surface area contributed by atoms with Crippen molar-refractivity contribution >= 4 is 12.0 Å². The van der Waals surface area contributed by atoms with Crippen molar-refractivity contribution in [3.05, 3.63) is 0 Å². The Morgan fingerprint density at radius 3 is 2.36 bits per heavy atom. The first kappa shape index (κ1) is 23.5. The van der Waals surface area contributed by atoms with Gasteiger partial charge in [-0.15, -0.1) is 0 Å². The van der Waals surface area contributed by atoms with Gasteiger partial charge in [-0.2, -0.15) is 13.2 Å². The fraction of sp³-hybridized carbons (Fsp3) is 0.875. The molecule has 0 aromatic carbocycles. The number of halogens is 3. The maximum absolute atomic E-state index is 12.8. The molecule has 1 saturated heterocycles. The number of carbonyl (C=O) groups is 2. The van der Waals surface area contributed by atoms with Gasteiger partial charge in [0, 0.05) is 12.5 Å². The summed E-state index contributed by atoms with van der Waals surface area (Å²) in [6.45, 7) is 9.17. The molecular weight excluding hydrogens is 341 g/mol. The van der Waals surface area contributed by atoms with Crippen LogP contribution in [0.3, 0.4) is 0 Å². The van der Waals surface area contributed by atoms with Gasteiger partial charge in [-0.1, -0.05) is 13.8 Å². The Bertz CT molecular complexity index is 436. The van der Waals surface area contributed by atoms with Crippen LogP contribution in [0.4, 0.5) is 18.0 Å². The van der Waals surface area contributed by atoms with E-state index in [9.17, 15) is 27.9 Å². The molecular formula is C16H29F3N2O4. The third-order valence-corrected chi connectivity index (χ3v) is 3.36. The van der Waals surface area contributed by atoms with Crippen molar-refractivity contribution in [1.82, 2.24) is 10.6 Å². The highest BCUT2D eigenvalue weighted by Gasteiger charge is 2.45. The predicted octanol–water partition coefficient (Wildman–Crippen LogP) is 2.75. The third kappa shape index (κ3) is 8.94. The molecule has 6 nitrogen and oxygen atoms in total. The molecule has 2 amide bonds. The lowest BCUT2D eigenvalue weighted by Gasteiger charge is -2.31. The summed E-state index contributed by atoms with van der Waals surface area (Å²) >= 11 is 0. The molecule has 0 saturated carbocycles. The van der Waals surface area contributed by atoms with Crippen LogP contribution in [0.1, 0.15) is 53.9 Å². The highest BCUT2D eigenvalue weighted by Crippen LogP contribution is 2.27. The summed E-state index contributed by atoms with van der Waals surface area (Å²) < 4.78 is 43.3. The van der Waals surface area contributed by atoms with Gasteiger partial charge in [-0.25, -0.2) is 4.79 Å². The molecule has 1 aliphatic rings. The predicted molar refractivity (Wildman–Crippen MR) is 86.9 cm³/mol. The normalized spacial score (nSPS) is 20.5. The van der Waals surface area contributed by atoms with Crippen LogP contribution < -0.4 is 10.6 Å². The van der Waals surface area contributed by atoms with E-state index in [-0.39, 0.29) is 12.3 Å². The summed E-state index contributed by atoms with van der Waals surface area (Å²) in [6.07, 6.45) is -8.02. The molecule has 148 valence electrons. The van der Waals surface area contributed by atoms with E-state index < -0.39 is 35.9 Å². The van der Waals surface area contributed by atoms with Crippen LogP contribution in [0.15, 0.2) is 0 Å². The van der Waals surface area contributed by atoms with Gasteiger partial charge < -0.3 is 20.5 Å². The van der Waals surface area contributed by atoms with Gasteiger partial charge in [0.15, 0.2) is 6.10 Å². The molecule has 1 fully saturated rings. The molecule has 3 unspecified atom stereocenters. The summed E-state index contributed by atoms with van der Waals surface area (Å²) in [4.78, 5) is 23.4. The van der Waals surface area contributed by atoms with Crippen LogP contribution in [0.25, 0.3) is 0 Å². The Morgan fingerprint density at radius 1 is 1.36 bits per heavy atom. The number of nitrogens with one attached hydrogen (secondary N) is 2. The first-order valence-electron chi connectivity index (χ1n) is 8.42. The maximum atomic E-state index is 12.8. The molecule has 0 aliphatic carbocycles. The van der Waals surface area contributed by atoms with Gasteiger partial charge in [-0.3, -0.25) is 4.79 Å². The molecule has 25 heavy (non-hydrogen) atoms. The standard InChI is InChI=1S/C14H23F3N2O4.C2H6/c1-13(2,3)23-12(22)19-9(10(20)14(15,16)17)7-8-5-4-6-18-11(8)21;1-2/h8-10,20H,4-7H2,1-3H3,(H,18,21)(H,19,22);1-2H3. The van der Waals surface area contributed by atoms with Crippen molar-refractivity contribution in [3.63, 3.8) is 0 Å². The monoisotopic (exact) mass is 370 g/mol. The number of amides is 2. The molecule has 0 bridgehead atoms. The minimum Gasteiger partial charge on any atom is -0.444 e. The van der Waals surface area contributed by atoms with Crippen molar-refractivity contribution in [1.29, 1.82) is 0 Å². The number of hydrogen-bond acceptors (Lipinski definition) is 4. The smallest absolute Gasteiger partial charge is 0.416 e. The third-order valence-electron chi connectivity index (χ3n) is 3.36. The molecule has 0 radical (unpaired) electrons. The number of ether oxygens (including phenoxy) is 1. The zero-order valence-corrected chi connectivity index (χ0v) is 15.4. The summed E-state index contributed by atoms with van der Waals surface area (Å²) in [5.74, 6) is -1.07. The summed E-state index contributed by atoms with van der Waals surface area (Å²) in [6, 6.07) is -1.65. The van der Waals surface area contributed by atoms with Crippen molar-refractivity contribution in [2.45, 2.75) is 77.8 Å². The van der Waals surface area contributed by atoms with Crippen LogP contribution >= 0.6 is 0 Å². The fourth-order valence-electron chi connectivity index (χ4n) is 2.32. The van der Waals surface area contributed by atoms with E-state index in [2.05, 4.69) is 5.32 Å². The van der Waals surface area contributed by atoms with E-state index in [4.69, 9.17) is 4.74 Å². The summed E-state index contributed by atoms with van der Waals surface area (Å²) in [5, 5.41) is 14.1. The molecule has 1 heterocycles. The van der Waals surface area contributed by atoms with Gasteiger partial charge in [0.05, 0.1) is 6.04 Å². The second-order valence-electron chi connectivity index (χ2n) is 6.61. The van der Waals surface area contributed by atoms with Crippen LogP contribution in [0, 0.1) is 5.92 Å². The minimum absolute atomic E-state index is 0.314. The highest BCUT2D eigenvalue weighted by atomic mass is 19.4. The summed E-state index contributed by atoms with van der Waals surface area (Å²) in [5.41, 5.74) is -0.889. The molecule has 0 aromatic rings. The van der Waals surface area contributed by atoms with E-state index in [0.29, 0.717) is 19.4 Å². The molecule has 1 rings (SSSR count). The largest absolute Gasteiger partial charge is 0.444 e. The van der Waals surface area contributed by atoms with E-state index in [0.717, 1.165) is 0 Å². The Labute approximate surface area is 146 Å². The zero-order valence-electron chi connectivity index (χ0n) is 15.4. The number of piperidine rings is 1. The summed E-state index contributed by atoms with van der Waals surface area (Å²) in [7, 11) is 0. The Hall–Kier alpha value is -1.51. The molecule has 0 aromatic heterocycles. The number of aliphatic hydroxyl groups is 1. The van der Waals surface area contributed by atoms with Crippen molar-refractivity contribution in [3.8, 4) is 0 Å². The van der Waals surface area contributed by atoms with Gasteiger partial charge in [-0.05, 0) is 40.0 Å². The SMILES string of the molecule is CC.CC(C)(C)OC(=O)NC(CC1CCCNC1=O)C(O)C(F)(F)F. The van der Waals surface area contributed by atoms with Gasteiger partial charge in [0.25, 0.3) is 0 Å². The number of carbonyl (C=O) groups excluding carboxylic acids is 2. The maximum Gasteiger partial charge on any atom is 0.416 e. The van der Waals surface area contributed by atoms with Crippen molar-refractivity contribution < 1.29 is 32.6 Å². The Balaban J connectivity index is 0.00000277. The van der Waals surface area contributed by atoms with E-state index in [1.165, 1.54) is 0 Å². The van der Waals surface area contributed by atoms with Crippen LogP contribution in [0.2, 0.25) is 0 Å². The second-order valence-corrected chi connectivity index (χ2v) is 6.61. The first-order valence-corrected chi connectivity index (χ1v) is 8.42. The number of alkyl halides is 3.